The fraction of sp³-hybridized carbons (Fsp3) is 0.273. The number of nitrogens with one attached hydrogen (secondary N) is 1. The van der Waals surface area contributed by atoms with Crippen LogP contribution >= 0.6 is 12.4 Å². The number of fused-ring (bicyclic) bond motifs is 1. The number of aromatic amines is 1. The van der Waals surface area contributed by atoms with E-state index in [0.29, 0.717) is 6.42 Å². The summed E-state index contributed by atoms with van der Waals surface area (Å²) in [6.45, 7) is -0.0675. The van der Waals surface area contributed by atoms with E-state index in [1.807, 2.05) is 0 Å². The topological polar surface area (TPSA) is 62.0 Å². The highest BCUT2D eigenvalue weighted by atomic mass is 35.5. The molecule has 0 radical (unpaired) electrons. The standard InChI is InChI=1S/C11H13FN2O.ClH/c12-8-1-2-11-10(4-8)7(5-14-11)3-9(13)6-15;/h1-2,4-5,9,14-15H,3,6,13H2;1H. The first kappa shape index (κ1) is 13.0. The molecule has 0 fully saturated rings. The molecule has 2 aromatic rings. The number of rotatable bonds is 3. The van der Waals surface area contributed by atoms with Gasteiger partial charge >= 0.3 is 0 Å². The molecule has 5 heteroatoms. The van der Waals surface area contributed by atoms with E-state index in [2.05, 4.69) is 4.98 Å². The van der Waals surface area contributed by atoms with Crippen molar-refractivity contribution in [2.75, 3.05) is 6.61 Å². The van der Waals surface area contributed by atoms with Gasteiger partial charge < -0.3 is 15.8 Å². The predicted octanol–water partition coefficient (Wildman–Crippen LogP) is 1.59. The number of halogens is 2. The lowest BCUT2D eigenvalue weighted by Gasteiger charge is -2.06. The molecule has 0 spiro atoms. The zero-order valence-electron chi connectivity index (χ0n) is 8.61. The van der Waals surface area contributed by atoms with Gasteiger partial charge in [-0.15, -0.1) is 12.4 Å². The smallest absolute Gasteiger partial charge is 0.123 e. The summed E-state index contributed by atoms with van der Waals surface area (Å²) < 4.78 is 13.0. The summed E-state index contributed by atoms with van der Waals surface area (Å²) in [7, 11) is 0. The zero-order chi connectivity index (χ0) is 10.8. The van der Waals surface area contributed by atoms with E-state index in [-0.39, 0.29) is 30.9 Å². The molecule has 3 nitrogen and oxygen atoms in total. The molecule has 0 saturated heterocycles. The Hall–Kier alpha value is -1.10. The van der Waals surface area contributed by atoms with Gasteiger partial charge in [-0.3, -0.25) is 0 Å². The van der Waals surface area contributed by atoms with Crippen molar-refractivity contribution >= 4 is 23.3 Å². The van der Waals surface area contributed by atoms with Crippen molar-refractivity contribution < 1.29 is 9.50 Å². The van der Waals surface area contributed by atoms with Gasteiger partial charge in [0.25, 0.3) is 0 Å². The minimum Gasteiger partial charge on any atom is -0.395 e. The number of hydrogen-bond donors (Lipinski definition) is 3. The average Bonchev–Trinajstić information content (AvgIpc) is 2.61. The van der Waals surface area contributed by atoms with Crippen molar-refractivity contribution in [2.45, 2.75) is 12.5 Å². The summed E-state index contributed by atoms with van der Waals surface area (Å²) in [5.41, 5.74) is 7.46. The Bertz CT molecular complexity index is 472. The van der Waals surface area contributed by atoms with Crippen LogP contribution in [-0.4, -0.2) is 22.7 Å². The van der Waals surface area contributed by atoms with Gasteiger partial charge in [-0.2, -0.15) is 0 Å². The maximum absolute atomic E-state index is 13.0. The fourth-order valence-corrected chi connectivity index (χ4v) is 1.67. The Labute approximate surface area is 98.9 Å². The van der Waals surface area contributed by atoms with Crippen molar-refractivity contribution in [3.05, 3.63) is 35.8 Å². The molecule has 1 aromatic carbocycles. The molecule has 0 aliphatic carbocycles. The first-order chi connectivity index (χ1) is 7.20. The van der Waals surface area contributed by atoms with Crippen LogP contribution in [0.2, 0.25) is 0 Å². The minimum atomic E-state index is -0.299. The van der Waals surface area contributed by atoms with E-state index in [1.54, 1.807) is 12.3 Å². The molecule has 0 aliphatic rings. The third-order valence-corrected chi connectivity index (χ3v) is 2.45. The van der Waals surface area contributed by atoms with Crippen molar-refractivity contribution in [3.63, 3.8) is 0 Å². The lowest BCUT2D eigenvalue weighted by Crippen LogP contribution is -2.26. The first-order valence-corrected chi connectivity index (χ1v) is 4.82. The molecule has 2 rings (SSSR count). The van der Waals surface area contributed by atoms with Crippen molar-refractivity contribution in [3.8, 4) is 0 Å². The predicted molar refractivity (Wildman–Crippen MR) is 64.3 cm³/mol. The summed E-state index contributed by atoms with van der Waals surface area (Å²) in [6.07, 6.45) is 2.35. The number of benzene rings is 1. The molecule has 1 aromatic heterocycles. The molecular weight excluding hydrogens is 231 g/mol. The fourth-order valence-electron chi connectivity index (χ4n) is 1.67. The van der Waals surface area contributed by atoms with Crippen molar-refractivity contribution in [2.24, 2.45) is 5.73 Å². The third kappa shape index (κ3) is 2.52. The Kier molecular flexibility index (Phi) is 4.29. The van der Waals surface area contributed by atoms with Gasteiger partial charge in [0.15, 0.2) is 0 Å². The quantitative estimate of drug-likeness (QED) is 0.768. The molecule has 1 unspecified atom stereocenters. The molecule has 1 heterocycles. The highest BCUT2D eigenvalue weighted by molar-refractivity contribution is 5.85. The number of hydrogen-bond acceptors (Lipinski definition) is 2. The van der Waals surface area contributed by atoms with Crippen LogP contribution in [0, 0.1) is 5.82 Å². The number of aliphatic hydroxyl groups is 1. The van der Waals surface area contributed by atoms with Gasteiger partial charge in [-0.05, 0) is 30.2 Å². The molecule has 0 amide bonds. The number of nitrogens with two attached hydrogens (primary N) is 1. The van der Waals surface area contributed by atoms with Crippen molar-refractivity contribution in [1.82, 2.24) is 4.98 Å². The SMILES string of the molecule is Cl.NC(CO)Cc1c[nH]c2ccc(F)cc12. The molecule has 1 atom stereocenters. The van der Waals surface area contributed by atoms with E-state index in [0.717, 1.165) is 16.5 Å². The van der Waals surface area contributed by atoms with Crippen LogP contribution in [0.15, 0.2) is 24.4 Å². The highest BCUT2D eigenvalue weighted by Gasteiger charge is 2.08. The number of aromatic nitrogens is 1. The second-order valence-electron chi connectivity index (χ2n) is 3.65. The van der Waals surface area contributed by atoms with Crippen LogP contribution in [-0.2, 0) is 6.42 Å². The summed E-state index contributed by atoms with van der Waals surface area (Å²) in [4.78, 5) is 3.04. The molecule has 0 bridgehead atoms. The zero-order valence-corrected chi connectivity index (χ0v) is 9.43. The summed E-state index contributed by atoms with van der Waals surface area (Å²) in [5.74, 6) is -0.263. The second-order valence-corrected chi connectivity index (χ2v) is 3.65. The Balaban J connectivity index is 0.00000128. The summed E-state index contributed by atoms with van der Waals surface area (Å²) >= 11 is 0. The molecule has 4 N–H and O–H groups in total. The maximum Gasteiger partial charge on any atom is 0.123 e. The lowest BCUT2D eigenvalue weighted by molar-refractivity contribution is 0.265. The van der Waals surface area contributed by atoms with Crippen LogP contribution < -0.4 is 5.73 Å². The largest absolute Gasteiger partial charge is 0.395 e. The van der Waals surface area contributed by atoms with E-state index in [4.69, 9.17) is 10.8 Å². The van der Waals surface area contributed by atoms with Crippen LogP contribution in [0.3, 0.4) is 0 Å². The van der Waals surface area contributed by atoms with E-state index < -0.39 is 0 Å². The molecule has 0 aliphatic heterocycles. The first-order valence-electron chi connectivity index (χ1n) is 4.82. The average molecular weight is 245 g/mol. The molecule has 16 heavy (non-hydrogen) atoms. The van der Waals surface area contributed by atoms with Crippen LogP contribution in [0.25, 0.3) is 10.9 Å². The van der Waals surface area contributed by atoms with Crippen molar-refractivity contribution in [1.29, 1.82) is 0 Å². The monoisotopic (exact) mass is 244 g/mol. The van der Waals surface area contributed by atoms with E-state index >= 15 is 0 Å². The van der Waals surface area contributed by atoms with E-state index in [9.17, 15) is 4.39 Å². The van der Waals surface area contributed by atoms with Gasteiger partial charge in [0, 0.05) is 23.1 Å². The van der Waals surface area contributed by atoms with Gasteiger partial charge in [0.05, 0.1) is 6.61 Å². The molecule has 88 valence electrons. The summed E-state index contributed by atoms with van der Waals surface area (Å²) in [5, 5.41) is 9.68. The van der Waals surface area contributed by atoms with Gasteiger partial charge in [-0.1, -0.05) is 0 Å². The minimum absolute atomic E-state index is 0. The highest BCUT2D eigenvalue weighted by Crippen LogP contribution is 2.20. The van der Waals surface area contributed by atoms with Crippen LogP contribution in [0.5, 0.6) is 0 Å². The van der Waals surface area contributed by atoms with Crippen LogP contribution in [0.4, 0.5) is 4.39 Å². The van der Waals surface area contributed by atoms with Crippen LogP contribution in [0.1, 0.15) is 5.56 Å². The molecule has 0 saturated carbocycles. The maximum atomic E-state index is 13.0. The number of aliphatic hydroxyl groups excluding tert-OH is 1. The van der Waals surface area contributed by atoms with Gasteiger partial charge in [0.2, 0.25) is 0 Å². The third-order valence-electron chi connectivity index (χ3n) is 2.45. The van der Waals surface area contributed by atoms with E-state index in [1.165, 1.54) is 12.1 Å². The lowest BCUT2D eigenvalue weighted by atomic mass is 10.1. The Morgan fingerprint density at radius 2 is 2.19 bits per heavy atom. The normalized spacial score (nSPS) is 12.4. The van der Waals surface area contributed by atoms with Gasteiger partial charge in [0.1, 0.15) is 5.82 Å². The number of H-pyrrole nitrogens is 1. The van der Waals surface area contributed by atoms with Gasteiger partial charge in [-0.25, -0.2) is 4.39 Å². The molecular formula is C11H14ClFN2O. The Morgan fingerprint density at radius 1 is 1.44 bits per heavy atom. The Morgan fingerprint density at radius 3 is 2.88 bits per heavy atom. The summed E-state index contributed by atoms with van der Waals surface area (Å²) in [6, 6.07) is 4.28. The second kappa shape index (κ2) is 5.30.